The van der Waals surface area contributed by atoms with Crippen LogP contribution in [0.4, 0.5) is 0 Å². The number of aliphatic imine (C=N–C) groups is 2. The number of aromatic nitrogens is 1. The predicted molar refractivity (Wildman–Crippen MR) is 106 cm³/mol. The fourth-order valence-electron chi connectivity index (χ4n) is 2.03. The zero-order chi connectivity index (χ0) is 18.9. The number of rotatable bonds is 0. The summed E-state index contributed by atoms with van der Waals surface area (Å²) in [6, 6.07) is 6.06. The number of nitriles is 2. The van der Waals surface area contributed by atoms with Crippen LogP contribution in [0, 0.1) is 21.3 Å². The summed E-state index contributed by atoms with van der Waals surface area (Å²) < 4.78 is 0. The Hall–Kier alpha value is -1.62. The molecule has 0 fully saturated rings. The molecule has 26 heavy (non-hydrogen) atoms. The van der Waals surface area contributed by atoms with Crippen LogP contribution in [0.1, 0.15) is 38.1 Å². The van der Waals surface area contributed by atoms with E-state index in [4.69, 9.17) is 10.5 Å². The maximum absolute atomic E-state index is 7.13. The molecule has 2 rings (SSSR count). The van der Waals surface area contributed by atoms with E-state index < -0.39 is 0 Å². The molecule has 9 heteroatoms. The summed E-state index contributed by atoms with van der Waals surface area (Å²) in [6.45, 7) is 7.81. The molecule has 1 aliphatic rings. The first-order valence-corrected chi connectivity index (χ1v) is 8.65. The molecule has 0 atom stereocenters. The Bertz CT molecular complexity index is 598. The molecule has 6 nitrogen and oxygen atoms in total. The van der Waals surface area contributed by atoms with E-state index in [1.165, 1.54) is 10.8 Å². The van der Waals surface area contributed by atoms with Crippen LogP contribution in [0.15, 0.2) is 28.2 Å². The second-order valence-corrected chi connectivity index (χ2v) is 5.35. The van der Waals surface area contributed by atoms with Gasteiger partial charge in [0.15, 0.2) is 0 Å². The maximum atomic E-state index is 7.13. The van der Waals surface area contributed by atoms with E-state index in [9.17, 15) is 0 Å². The first-order chi connectivity index (χ1) is 12.1. The van der Waals surface area contributed by atoms with Crippen molar-refractivity contribution in [3.05, 3.63) is 29.6 Å². The van der Waals surface area contributed by atoms with Crippen molar-refractivity contribution in [3.63, 3.8) is 0 Å². The molecule has 1 aromatic heterocycles. The molecule has 1 radical (unpaired) electrons. The van der Waals surface area contributed by atoms with E-state index in [0.29, 0.717) is 0 Å². The fraction of sp³-hybridized carbons (Fsp3) is 0.471. The van der Waals surface area contributed by atoms with Crippen molar-refractivity contribution in [1.82, 2.24) is 10.3 Å². The molecule has 1 N–H and O–H groups in total. The van der Waals surface area contributed by atoms with E-state index in [2.05, 4.69) is 45.5 Å². The molecule has 1 aromatic rings. The predicted octanol–water partition coefficient (Wildman–Crippen LogP) is 2.11. The summed E-state index contributed by atoms with van der Waals surface area (Å²) in [7, 11) is 0. The smallest absolute Gasteiger partial charge is 0.696 e. The maximum Gasteiger partial charge on any atom is 2.00 e. The summed E-state index contributed by atoms with van der Waals surface area (Å²) in [5.74, 6) is 0. The molecule has 0 aromatic carbocycles. The quantitative estimate of drug-likeness (QED) is 0.497. The van der Waals surface area contributed by atoms with Gasteiger partial charge in [0.25, 0.3) is 0 Å². The fourth-order valence-corrected chi connectivity index (χ4v) is 2.03. The van der Waals surface area contributed by atoms with Crippen molar-refractivity contribution < 1.29 is 16.8 Å². The van der Waals surface area contributed by atoms with Crippen molar-refractivity contribution in [1.29, 1.82) is 10.5 Å². The summed E-state index contributed by atoms with van der Waals surface area (Å²) in [6.07, 6.45) is 2.14. The first kappa shape index (κ1) is 26.6. The van der Waals surface area contributed by atoms with Crippen molar-refractivity contribution in [3.8, 4) is 10.8 Å². The SMILES string of the molecule is C/C1=N/CCCNCCC/N=C(\C)c2cccc1n2.N#C[S-].N#C[S-].[Co+2]. The largest absolute Gasteiger partial charge is 2.00 e. The average molecular weight is 433 g/mol. The van der Waals surface area contributed by atoms with Gasteiger partial charge in [-0.3, -0.25) is 9.98 Å². The summed E-state index contributed by atoms with van der Waals surface area (Å²) in [5, 5.41) is 20.4. The van der Waals surface area contributed by atoms with Gasteiger partial charge in [-0.1, -0.05) is 16.9 Å². The number of hydrogen-bond donors (Lipinski definition) is 1. The number of pyridine rings is 1. The zero-order valence-electron chi connectivity index (χ0n) is 14.9. The summed E-state index contributed by atoms with van der Waals surface area (Å²) in [5.41, 5.74) is 3.92. The molecule has 0 spiro atoms. The van der Waals surface area contributed by atoms with Crippen molar-refractivity contribution in [2.45, 2.75) is 26.7 Å². The van der Waals surface area contributed by atoms with E-state index in [-0.39, 0.29) is 16.8 Å². The Morgan fingerprint density at radius 3 is 1.69 bits per heavy atom. The average Bonchev–Trinajstić information content (AvgIpc) is 2.60. The van der Waals surface area contributed by atoms with E-state index in [1.54, 1.807) is 0 Å². The van der Waals surface area contributed by atoms with Crippen LogP contribution in [0.3, 0.4) is 0 Å². The number of hydrogen-bond acceptors (Lipinski definition) is 8. The molecule has 1 aliphatic heterocycles. The molecule has 0 saturated carbocycles. The topological polar surface area (TPSA) is 97.2 Å². The molecule has 2 heterocycles. The number of thiocyanates is 2. The van der Waals surface area contributed by atoms with Gasteiger partial charge < -0.3 is 30.6 Å². The molecule has 0 saturated heterocycles. The second-order valence-electron chi connectivity index (χ2n) is 4.98. The van der Waals surface area contributed by atoms with Gasteiger partial charge in [0.05, 0.1) is 22.8 Å². The van der Waals surface area contributed by atoms with Crippen LogP contribution in [-0.4, -0.2) is 42.6 Å². The monoisotopic (exact) mass is 433 g/mol. The van der Waals surface area contributed by atoms with Gasteiger partial charge in [-0.2, -0.15) is 0 Å². The summed E-state index contributed by atoms with van der Waals surface area (Å²) >= 11 is 7.40. The van der Waals surface area contributed by atoms with Crippen LogP contribution in [0.25, 0.3) is 0 Å². The molecule has 141 valence electrons. The number of fused-ring (bicyclic) bond motifs is 2. The minimum atomic E-state index is 0. The third-order valence-electron chi connectivity index (χ3n) is 3.21. The van der Waals surface area contributed by atoms with Gasteiger partial charge >= 0.3 is 16.8 Å². The Labute approximate surface area is 177 Å². The molecular formula is C17H22CoN6S2. The molecule has 0 aliphatic carbocycles. The van der Waals surface area contributed by atoms with Crippen LogP contribution in [0.2, 0.25) is 0 Å². The molecule has 2 bridgehead atoms. The minimum Gasteiger partial charge on any atom is -0.696 e. The van der Waals surface area contributed by atoms with Gasteiger partial charge in [-0.15, -0.1) is 0 Å². The summed E-state index contributed by atoms with van der Waals surface area (Å²) in [4.78, 5) is 13.8. The van der Waals surface area contributed by atoms with Crippen molar-refractivity contribution in [2.75, 3.05) is 26.2 Å². The van der Waals surface area contributed by atoms with E-state index in [0.717, 1.165) is 61.8 Å². The Morgan fingerprint density at radius 1 is 0.923 bits per heavy atom. The van der Waals surface area contributed by atoms with Crippen LogP contribution < -0.4 is 5.32 Å². The van der Waals surface area contributed by atoms with Gasteiger partial charge in [0.1, 0.15) is 0 Å². The van der Waals surface area contributed by atoms with Crippen LogP contribution in [-0.2, 0) is 42.0 Å². The minimum absolute atomic E-state index is 0. The zero-order valence-corrected chi connectivity index (χ0v) is 17.5. The standard InChI is InChI=1S/C15H22N4.2CHNS.Co/c1-12-14-6-3-7-15(19-14)13(2)18-11-5-9-16-8-4-10-17-12;2*2-1-3;/h3,6-7,16H,4-5,8-11H2,1-2H3;2*3H;/q;;;+2/p-2/b17-12-,18-13+;;;. The Kier molecular flexibility index (Phi) is 18.6. The Balaban J connectivity index is 0. The van der Waals surface area contributed by atoms with Crippen LogP contribution >= 0.6 is 0 Å². The third-order valence-corrected chi connectivity index (χ3v) is 3.21. The number of nitrogens with zero attached hydrogens (tertiary/aromatic N) is 5. The molecular weight excluding hydrogens is 411 g/mol. The third kappa shape index (κ3) is 12.7. The molecule has 0 amide bonds. The second kappa shape index (κ2) is 18.2. The van der Waals surface area contributed by atoms with Gasteiger partial charge in [0.2, 0.25) is 0 Å². The first-order valence-electron chi connectivity index (χ1n) is 7.83. The van der Waals surface area contributed by atoms with E-state index >= 15 is 0 Å². The van der Waals surface area contributed by atoms with E-state index in [1.807, 2.05) is 32.0 Å². The van der Waals surface area contributed by atoms with Crippen molar-refractivity contribution in [2.24, 2.45) is 9.98 Å². The molecule has 0 unspecified atom stereocenters. The van der Waals surface area contributed by atoms with Gasteiger partial charge in [0, 0.05) is 13.1 Å². The van der Waals surface area contributed by atoms with Gasteiger partial charge in [-0.25, -0.2) is 15.5 Å². The van der Waals surface area contributed by atoms with Crippen LogP contribution in [0.5, 0.6) is 0 Å². The van der Waals surface area contributed by atoms with Crippen molar-refractivity contribution >= 4 is 36.7 Å². The Morgan fingerprint density at radius 2 is 1.31 bits per heavy atom. The van der Waals surface area contributed by atoms with Gasteiger partial charge in [-0.05, 0) is 51.9 Å². The normalized spacial score (nSPS) is 17.8. The number of nitrogens with one attached hydrogen (secondary N) is 1.